The van der Waals surface area contributed by atoms with Gasteiger partial charge in [0.15, 0.2) is 0 Å². The molecular formula is C10H18O6. The Balaban J connectivity index is 3.69. The van der Waals surface area contributed by atoms with Gasteiger partial charge in [0.25, 0.3) is 0 Å². The van der Waals surface area contributed by atoms with E-state index in [0.29, 0.717) is 12.5 Å². The summed E-state index contributed by atoms with van der Waals surface area (Å²) < 4.78 is 0. The molecule has 0 aromatic rings. The molecule has 2 N–H and O–H groups in total. The summed E-state index contributed by atoms with van der Waals surface area (Å²) in [6, 6.07) is 0. The summed E-state index contributed by atoms with van der Waals surface area (Å²) >= 11 is 0. The van der Waals surface area contributed by atoms with Gasteiger partial charge in [0, 0.05) is 0 Å². The highest BCUT2D eigenvalue weighted by Gasteiger charge is 2.20. The molecule has 0 aliphatic heterocycles. The quantitative estimate of drug-likeness (QED) is 0.353. The van der Waals surface area contributed by atoms with Gasteiger partial charge >= 0.3 is 11.9 Å². The molecule has 6 nitrogen and oxygen atoms in total. The van der Waals surface area contributed by atoms with Crippen LogP contribution in [0.1, 0.15) is 26.7 Å². The maximum Gasteiger partial charge on any atom is 0.307 e. The molecule has 0 amide bonds. The third-order valence-corrected chi connectivity index (χ3v) is 1.80. The highest BCUT2D eigenvalue weighted by atomic mass is 17.2. The molecule has 1 unspecified atom stereocenters. The lowest BCUT2D eigenvalue weighted by atomic mass is 10.0. The second kappa shape index (κ2) is 8.06. The van der Waals surface area contributed by atoms with Crippen LogP contribution < -0.4 is 0 Å². The van der Waals surface area contributed by atoms with E-state index in [0.717, 1.165) is 0 Å². The minimum absolute atomic E-state index is 0.0803. The van der Waals surface area contributed by atoms with Crippen molar-refractivity contribution >= 4 is 11.9 Å². The average molecular weight is 234 g/mol. The summed E-state index contributed by atoms with van der Waals surface area (Å²) in [6.45, 7) is 4.41. The van der Waals surface area contributed by atoms with Crippen molar-refractivity contribution in [2.24, 2.45) is 11.8 Å². The number of hydrogen-bond donors (Lipinski definition) is 2. The highest BCUT2D eigenvalue weighted by Crippen LogP contribution is 2.09. The van der Waals surface area contributed by atoms with E-state index in [2.05, 4.69) is 0 Å². The van der Waals surface area contributed by atoms with E-state index in [1.165, 1.54) is 0 Å². The first-order chi connectivity index (χ1) is 7.43. The van der Waals surface area contributed by atoms with Crippen LogP contribution in [0, 0.1) is 11.8 Å². The van der Waals surface area contributed by atoms with E-state index in [1.54, 1.807) is 0 Å². The van der Waals surface area contributed by atoms with E-state index in [4.69, 9.17) is 20.0 Å². The first kappa shape index (κ1) is 14.9. The fourth-order valence-corrected chi connectivity index (χ4v) is 0.957. The molecule has 0 saturated heterocycles. The molecule has 0 bridgehead atoms. The number of aliphatic carboxylic acids is 2. The lowest BCUT2D eigenvalue weighted by molar-refractivity contribution is -0.301. The van der Waals surface area contributed by atoms with Gasteiger partial charge in [-0.25, -0.2) is 9.78 Å². The summed E-state index contributed by atoms with van der Waals surface area (Å²) in [5.41, 5.74) is 0. The summed E-state index contributed by atoms with van der Waals surface area (Å²) in [5.74, 6) is -2.86. The summed E-state index contributed by atoms with van der Waals surface area (Å²) in [5, 5.41) is 17.2. The topological polar surface area (TPSA) is 93.1 Å². The summed E-state index contributed by atoms with van der Waals surface area (Å²) in [7, 11) is 0. The van der Waals surface area contributed by atoms with Gasteiger partial charge in [-0.3, -0.25) is 9.59 Å². The smallest absolute Gasteiger partial charge is 0.307 e. The fraction of sp³-hybridized carbons (Fsp3) is 0.800. The zero-order valence-electron chi connectivity index (χ0n) is 9.51. The molecule has 0 rings (SSSR count). The van der Waals surface area contributed by atoms with Gasteiger partial charge in [0.2, 0.25) is 0 Å². The van der Waals surface area contributed by atoms with Crippen LogP contribution in [0.4, 0.5) is 0 Å². The number of carbonyl (C=O) groups is 2. The Kier molecular flexibility index (Phi) is 7.49. The van der Waals surface area contributed by atoms with Crippen molar-refractivity contribution < 1.29 is 29.6 Å². The second-order valence-corrected chi connectivity index (χ2v) is 3.92. The molecule has 1 atom stereocenters. The molecule has 94 valence electrons. The van der Waals surface area contributed by atoms with E-state index < -0.39 is 24.3 Å². The van der Waals surface area contributed by atoms with Gasteiger partial charge in [-0.2, -0.15) is 0 Å². The molecule has 0 aromatic carbocycles. The molecule has 16 heavy (non-hydrogen) atoms. The molecule has 0 radical (unpaired) electrons. The summed E-state index contributed by atoms with van der Waals surface area (Å²) in [4.78, 5) is 30.5. The first-order valence-corrected chi connectivity index (χ1v) is 5.12. The molecule has 0 saturated carbocycles. The maximum atomic E-state index is 10.6. The Bertz CT molecular complexity index is 225. The van der Waals surface area contributed by atoms with Crippen LogP contribution in [0.3, 0.4) is 0 Å². The van der Waals surface area contributed by atoms with E-state index in [9.17, 15) is 9.59 Å². The van der Waals surface area contributed by atoms with Crippen LogP contribution >= 0.6 is 0 Å². The van der Waals surface area contributed by atoms with Gasteiger partial charge in [0.1, 0.15) is 0 Å². The third-order valence-electron chi connectivity index (χ3n) is 1.80. The minimum atomic E-state index is -1.13. The maximum absolute atomic E-state index is 10.6. The van der Waals surface area contributed by atoms with Crippen molar-refractivity contribution in [2.45, 2.75) is 26.7 Å². The monoisotopic (exact) mass is 234 g/mol. The highest BCUT2D eigenvalue weighted by molar-refractivity contribution is 5.77. The van der Waals surface area contributed by atoms with Crippen LogP contribution in [0.2, 0.25) is 0 Å². The predicted octanol–water partition coefficient (Wildman–Crippen LogP) is 1.16. The van der Waals surface area contributed by atoms with E-state index in [-0.39, 0.29) is 13.0 Å². The number of rotatable bonds is 9. The third kappa shape index (κ3) is 8.19. The molecule has 0 spiro atoms. The molecule has 6 heteroatoms. The molecule has 0 aromatic heterocycles. The number of carboxylic acid groups (broad SMARTS) is 2. The van der Waals surface area contributed by atoms with Crippen LogP contribution in [0.15, 0.2) is 0 Å². The van der Waals surface area contributed by atoms with Gasteiger partial charge < -0.3 is 10.2 Å². The zero-order chi connectivity index (χ0) is 12.6. The largest absolute Gasteiger partial charge is 0.481 e. The standard InChI is InChI=1S/C10H18O6/c1-7(2)6-16-15-4-3-8(10(13)14)5-9(11)12/h7-8H,3-6H2,1-2H3,(H,11,12)(H,13,14). The van der Waals surface area contributed by atoms with Crippen molar-refractivity contribution in [3.05, 3.63) is 0 Å². The van der Waals surface area contributed by atoms with Crippen molar-refractivity contribution in [3.8, 4) is 0 Å². The fourth-order valence-electron chi connectivity index (χ4n) is 0.957. The van der Waals surface area contributed by atoms with Gasteiger partial charge in [-0.05, 0) is 12.3 Å². The lowest BCUT2D eigenvalue weighted by Gasteiger charge is -2.10. The van der Waals surface area contributed by atoms with Crippen molar-refractivity contribution in [1.82, 2.24) is 0 Å². The molecule has 0 fully saturated rings. The normalized spacial score (nSPS) is 12.7. The predicted molar refractivity (Wildman–Crippen MR) is 54.7 cm³/mol. The lowest BCUT2D eigenvalue weighted by Crippen LogP contribution is -2.20. The Morgan fingerprint density at radius 2 is 1.81 bits per heavy atom. The van der Waals surface area contributed by atoms with Crippen LogP contribution in [0.5, 0.6) is 0 Å². The molecule has 0 aliphatic carbocycles. The van der Waals surface area contributed by atoms with Gasteiger partial charge in [-0.1, -0.05) is 13.8 Å². The number of hydrogen-bond acceptors (Lipinski definition) is 4. The van der Waals surface area contributed by atoms with Gasteiger partial charge in [-0.15, -0.1) is 0 Å². The van der Waals surface area contributed by atoms with Crippen LogP contribution in [-0.2, 0) is 19.4 Å². The Morgan fingerprint density at radius 3 is 2.25 bits per heavy atom. The minimum Gasteiger partial charge on any atom is -0.481 e. The average Bonchev–Trinajstić information content (AvgIpc) is 2.14. The Hall–Kier alpha value is -1.14. The Labute approximate surface area is 94.1 Å². The SMILES string of the molecule is CC(C)COOCCC(CC(=O)O)C(=O)O. The van der Waals surface area contributed by atoms with Gasteiger partial charge in [0.05, 0.1) is 25.6 Å². The van der Waals surface area contributed by atoms with Crippen molar-refractivity contribution in [1.29, 1.82) is 0 Å². The molecule has 0 heterocycles. The molecular weight excluding hydrogens is 216 g/mol. The van der Waals surface area contributed by atoms with Crippen molar-refractivity contribution in [2.75, 3.05) is 13.2 Å². The van der Waals surface area contributed by atoms with Crippen LogP contribution in [0.25, 0.3) is 0 Å². The Morgan fingerprint density at radius 1 is 1.19 bits per heavy atom. The van der Waals surface area contributed by atoms with Crippen molar-refractivity contribution in [3.63, 3.8) is 0 Å². The van der Waals surface area contributed by atoms with E-state index in [1.807, 2.05) is 13.8 Å². The van der Waals surface area contributed by atoms with Crippen LogP contribution in [-0.4, -0.2) is 35.4 Å². The second-order valence-electron chi connectivity index (χ2n) is 3.92. The van der Waals surface area contributed by atoms with E-state index >= 15 is 0 Å². The molecule has 0 aliphatic rings. The first-order valence-electron chi connectivity index (χ1n) is 5.12. The zero-order valence-corrected chi connectivity index (χ0v) is 9.51. The summed E-state index contributed by atoms with van der Waals surface area (Å²) in [6.07, 6.45) is -0.275. The number of carboxylic acids is 2.